The van der Waals surface area contributed by atoms with Crippen molar-refractivity contribution in [1.29, 1.82) is 0 Å². The maximum atomic E-state index is 11.7. The highest BCUT2D eigenvalue weighted by Gasteiger charge is 2.17. The number of nitrogens with one attached hydrogen (secondary N) is 2. The van der Waals surface area contributed by atoms with Crippen molar-refractivity contribution in [3.63, 3.8) is 0 Å². The van der Waals surface area contributed by atoms with E-state index in [-0.39, 0.29) is 11.9 Å². The van der Waals surface area contributed by atoms with Gasteiger partial charge in [-0.05, 0) is 12.1 Å². The van der Waals surface area contributed by atoms with Crippen molar-refractivity contribution in [3.05, 3.63) is 23.4 Å². The van der Waals surface area contributed by atoms with Crippen LogP contribution in [0.4, 0.5) is 5.82 Å². The molecular formula is C11H14ClN3O2. The number of carbonyl (C=O) groups is 1. The highest BCUT2D eigenvalue weighted by molar-refractivity contribution is 6.33. The molecule has 5 nitrogen and oxygen atoms in total. The lowest BCUT2D eigenvalue weighted by molar-refractivity contribution is -0.117. The van der Waals surface area contributed by atoms with Crippen molar-refractivity contribution in [2.45, 2.75) is 12.5 Å². The predicted octanol–water partition coefficient (Wildman–Crippen LogP) is 1.05. The van der Waals surface area contributed by atoms with E-state index in [2.05, 4.69) is 15.6 Å². The van der Waals surface area contributed by atoms with Crippen molar-refractivity contribution >= 4 is 23.3 Å². The maximum Gasteiger partial charge on any atom is 0.227 e. The van der Waals surface area contributed by atoms with E-state index in [4.69, 9.17) is 16.3 Å². The second-order valence-electron chi connectivity index (χ2n) is 3.81. The number of hydrogen-bond donors (Lipinski definition) is 2. The first kappa shape index (κ1) is 12.3. The monoisotopic (exact) mass is 255 g/mol. The van der Waals surface area contributed by atoms with E-state index in [9.17, 15) is 4.79 Å². The summed E-state index contributed by atoms with van der Waals surface area (Å²) in [7, 11) is 0. The third-order valence-corrected chi connectivity index (χ3v) is 2.75. The highest BCUT2D eigenvalue weighted by Crippen LogP contribution is 2.17. The minimum atomic E-state index is -0.117. The molecule has 1 fully saturated rings. The molecule has 0 radical (unpaired) electrons. The molecule has 2 N–H and O–H groups in total. The van der Waals surface area contributed by atoms with Gasteiger partial charge in [0.2, 0.25) is 5.91 Å². The van der Waals surface area contributed by atoms with Crippen molar-refractivity contribution in [2.24, 2.45) is 0 Å². The smallest absolute Gasteiger partial charge is 0.227 e. The van der Waals surface area contributed by atoms with Crippen LogP contribution in [0.3, 0.4) is 0 Å². The number of nitrogens with zero attached hydrogens (tertiary/aromatic N) is 1. The van der Waals surface area contributed by atoms with Crippen LogP contribution in [0.25, 0.3) is 0 Å². The first-order chi connectivity index (χ1) is 8.25. The molecule has 2 rings (SSSR count). The summed E-state index contributed by atoms with van der Waals surface area (Å²) in [6, 6.07) is 3.46. The Labute approximate surface area is 105 Å². The molecule has 92 valence electrons. The zero-order chi connectivity index (χ0) is 12.1. The SMILES string of the molecule is O=C(CC1COCCN1)Nc1ncccc1Cl. The molecule has 1 unspecified atom stereocenters. The molecule has 0 aromatic carbocycles. The average Bonchev–Trinajstić information content (AvgIpc) is 2.33. The maximum absolute atomic E-state index is 11.7. The molecule has 0 bridgehead atoms. The Morgan fingerprint density at radius 2 is 2.59 bits per heavy atom. The molecule has 17 heavy (non-hydrogen) atoms. The topological polar surface area (TPSA) is 63.2 Å². The Morgan fingerprint density at radius 3 is 3.29 bits per heavy atom. The van der Waals surface area contributed by atoms with Crippen LogP contribution in [0.1, 0.15) is 6.42 Å². The van der Waals surface area contributed by atoms with Gasteiger partial charge in [0.05, 0.1) is 18.2 Å². The third-order valence-electron chi connectivity index (χ3n) is 2.45. The molecule has 1 aromatic rings. The number of anilines is 1. The summed E-state index contributed by atoms with van der Waals surface area (Å²) in [4.78, 5) is 15.7. The highest BCUT2D eigenvalue weighted by atomic mass is 35.5. The predicted molar refractivity (Wildman–Crippen MR) is 65.1 cm³/mol. The lowest BCUT2D eigenvalue weighted by atomic mass is 10.2. The molecule has 0 saturated carbocycles. The standard InChI is InChI=1S/C11H14ClN3O2/c12-9-2-1-3-14-11(9)15-10(16)6-8-7-17-5-4-13-8/h1-3,8,13H,4-7H2,(H,14,15,16). The molecule has 1 aliphatic rings. The van der Waals surface area contributed by atoms with Crippen LogP contribution in [0.5, 0.6) is 0 Å². The summed E-state index contributed by atoms with van der Waals surface area (Å²) in [6.07, 6.45) is 1.94. The molecule has 1 aliphatic heterocycles. The number of hydrogen-bond acceptors (Lipinski definition) is 4. The van der Waals surface area contributed by atoms with Gasteiger partial charge >= 0.3 is 0 Å². The first-order valence-corrected chi connectivity index (χ1v) is 5.85. The summed E-state index contributed by atoms with van der Waals surface area (Å²) in [6.45, 7) is 2.04. The number of rotatable bonds is 3. The van der Waals surface area contributed by atoms with Gasteiger partial charge in [-0.1, -0.05) is 11.6 Å². The minimum absolute atomic E-state index is 0.0613. The summed E-state index contributed by atoms with van der Waals surface area (Å²) in [5.74, 6) is 0.282. The van der Waals surface area contributed by atoms with Gasteiger partial charge in [-0.2, -0.15) is 0 Å². The van der Waals surface area contributed by atoms with E-state index in [1.54, 1.807) is 18.3 Å². The van der Waals surface area contributed by atoms with Crippen LogP contribution in [0.15, 0.2) is 18.3 Å². The van der Waals surface area contributed by atoms with E-state index < -0.39 is 0 Å². The number of ether oxygens (including phenoxy) is 1. The zero-order valence-corrected chi connectivity index (χ0v) is 10.0. The quantitative estimate of drug-likeness (QED) is 0.848. The van der Waals surface area contributed by atoms with Crippen LogP contribution >= 0.6 is 11.6 Å². The molecule has 1 amide bonds. The summed E-state index contributed by atoms with van der Waals surface area (Å²) in [5, 5.41) is 6.33. The van der Waals surface area contributed by atoms with Crippen molar-refractivity contribution < 1.29 is 9.53 Å². The van der Waals surface area contributed by atoms with Crippen LogP contribution in [-0.4, -0.2) is 36.7 Å². The van der Waals surface area contributed by atoms with Gasteiger partial charge in [-0.3, -0.25) is 4.79 Å². The average molecular weight is 256 g/mol. The molecule has 0 aliphatic carbocycles. The van der Waals surface area contributed by atoms with Crippen LogP contribution in [0.2, 0.25) is 5.02 Å². The Morgan fingerprint density at radius 1 is 1.71 bits per heavy atom. The van der Waals surface area contributed by atoms with Crippen molar-refractivity contribution in [1.82, 2.24) is 10.3 Å². The molecule has 2 heterocycles. The van der Waals surface area contributed by atoms with Crippen LogP contribution in [0, 0.1) is 0 Å². The number of morpholine rings is 1. The van der Waals surface area contributed by atoms with Gasteiger partial charge in [0.15, 0.2) is 5.82 Å². The van der Waals surface area contributed by atoms with E-state index in [0.717, 1.165) is 6.54 Å². The van der Waals surface area contributed by atoms with Gasteiger partial charge in [-0.15, -0.1) is 0 Å². The van der Waals surface area contributed by atoms with Crippen LogP contribution in [-0.2, 0) is 9.53 Å². The lowest BCUT2D eigenvalue weighted by Crippen LogP contribution is -2.43. The van der Waals surface area contributed by atoms with Crippen molar-refractivity contribution in [2.75, 3.05) is 25.1 Å². The van der Waals surface area contributed by atoms with Gasteiger partial charge < -0.3 is 15.4 Å². The zero-order valence-electron chi connectivity index (χ0n) is 9.28. The molecular weight excluding hydrogens is 242 g/mol. The van der Waals surface area contributed by atoms with Gasteiger partial charge in [-0.25, -0.2) is 4.98 Å². The summed E-state index contributed by atoms with van der Waals surface area (Å²) < 4.78 is 5.27. The largest absolute Gasteiger partial charge is 0.378 e. The molecule has 0 spiro atoms. The van der Waals surface area contributed by atoms with Gasteiger partial charge in [0.1, 0.15) is 0 Å². The molecule has 1 saturated heterocycles. The molecule has 1 aromatic heterocycles. The second kappa shape index (κ2) is 5.95. The van der Waals surface area contributed by atoms with E-state index in [0.29, 0.717) is 30.5 Å². The summed E-state index contributed by atoms with van der Waals surface area (Å²) >= 11 is 5.89. The Kier molecular flexibility index (Phi) is 4.30. The third kappa shape index (κ3) is 3.66. The van der Waals surface area contributed by atoms with Crippen LogP contribution < -0.4 is 10.6 Å². The molecule has 1 atom stereocenters. The fraction of sp³-hybridized carbons (Fsp3) is 0.455. The number of pyridine rings is 1. The molecule has 6 heteroatoms. The fourth-order valence-electron chi connectivity index (χ4n) is 1.64. The number of carbonyl (C=O) groups excluding carboxylic acids is 1. The minimum Gasteiger partial charge on any atom is -0.378 e. The van der Waals surface area contributed by atoms with Crippen molar-refractivity contribution in [3.8, 4) is 0 Å². The lowest BCUT2D eigenvalue weighted by Gasteiger charge is -2.23. The Balaban J connectivity index is 1.86. The number of halogens is 1. The number of amides is 1. The Hall–Kier alpha value is -1.17. The van der Waals surface area contributed by atoms with Gasteiger partial charge in [0, 0.05) is 25.2 Å². The van der Waals surface area contributed by atoms with E-state index in [1.807, 2.05) is 0 Å². The van der Waals surface area contributed by atoms with E-state index >= 15 is 0 Å². The summed E-state index contributed by atoms with van der Waals surface area (Å²) in [5.41, 5.74) is 0. The number of aromatic nitrogens is 1. The van der Waals surface area contributed by atoms with Gasteiger partial charge in [0.25, 0.3) is 0 Å². The first-order valence-electron chi connectivity index (χ1n) is 5.47. The van der Waals surface area contributed by atoms with E-state index in [1.165, 1.54) is 0 Å². The normalized spacial score (nSPS) is 19.9. The Bertz CT molecular complexity index is 394. The second-order valence-corrected chi connectivity index (χ2v) is 4.22. The fourth-order valence-corrected chi connectivity index (χ4v) is 1.80.